The maximum absolute atomic E-state index is 9.42. The first-order valence-electron chi connectivity index (χ1n) is 4.17. The molecule has 0 aliphatic carbocycles. The van der Waals surface area contributed by atoms with Crippen molar-refractivity contribution in [3.8, 4) is 0 Å². The van der Waals surface area contributed by atoms with Gasteiger partial charge in [-0.3, -0.25) is 0 Å². The van der Waals surface area contributed by atoms with E-state index in [1.165, 1.54) is 6.08 Å². The normalized spacial score (nSPS) is 31.1. The molecule has 0 radical (unpaired) electrons. The minimum Gasteiger partial charge on any atom is -0.386 e. The Bertz CT molecular complexity index is 165. The molecule has 1 rings (SSSR count). The van der Waals surface area contributed by atoms with E-state index in [4.69, 9.17) is 9.47 Å². The predicted octanol–water partition coefficient (Wildman–Crippen LogP) is 1.07. The first kappa shape index (κ1) is 9.71. The van der Waals surface area contributed by atoms with Gasteiger partial charge in [0.15, 0.2) is 5.79 Å². The Morgan fingerprint density at radius 3 is 2.83 bits per heavy atom. The van der Waals surface area contributed by atoms with E-state index in [9.17, 15) is 5.11 Å². The lowest BCUT2D eigenvalue weighted by Crippen LogP contribution is -2.44. The molecule has 1 heterocycles. The summed E-state index contributed by atoms with van der Waals surface area (Å²) in [5.74, 6) is -0.576. The number of hydrogen-bond donors (Lipinski definition) is 1. The van der Waals surface area contributed by atoms with E-state index in [1.807, 2.05) is 13.8 Å². The summed E-state index contributed by atoms with van der Waals surface area (Å²) in [5, 5.41) is 9.42. The van der Waals surface area contributed by atoms with Crippen LogP contribution in [0.5, 0.6) is 0 Å². The number of ether oxygens (including phenoxy) is 2. The van der Waals surface area contributed by atoms with Gasteiger partial charge in [-0.05, 0) is 13.8 Å². The van der Waals surface area contributed by atoms with Gasteiger partial charge in [-0.15, -0.1) is 6.58 Å². The SMILES string of the molecule is C=CC(O)[C@H]1CCOC(C)(C)O1. The van der Waals surface area contributed by atoms with Crippen LogP contribution in [0.4, 0.5) is 0 Å². The molecule has 1 fully saturated rings. The minimum atomic E-state index is -0.590. The second-order valence-corrected chi connectivity index (χ2v) is 3.42. The molecule has 0 amide bonds. The smallest absolute Gasteiger partial charge is 0.163 e. The highest BCUT2D eigenvalue weighted by Crippen LogP contribution is 2.23. The standard InChI is InChI=1S/C9H16O3/c1-4-7(10)8-5-6-11-9(2,3)12-8/h4,7-8,10H,1,5-6H2,2-3H3/t7?,8-/m1/s1. The molecule has 0 aromatic carbocycles. The van der Waals surface area contributed by atoms with Crippen LogP contribution in [0.2, 0.25) is 0 Å². The number of aliphatic hydroxyl groups is 1. The van der Waals surface area contributed by atoms with Gasteiger partial charge in [-0.1, -0.05) is 6.08 Å². The molecular weight excluding hydrogens is 156 g/mol. The zero-order valence-electron chi connectivity index (χ0n) is 7.62. The molecule has 2 atom stereocenters. The van der Waals surface area contributed by atoms with Gasteiger partial charge in [0.05, 0.1) is 18.8 Å². The van der Waals surface area contributed by atoms with Crippen LogP contribution in [0.3, 0.4) is 0 Å². The molecule has 1 aliphatic rings. The Morgan fingerprint density at radius 1 is 1.67 bits per heavy atom. The molecule has 0 aromatic rings. The molecule has 0 spiro atoms. The van der Waals surface area contributed by atoms with Crippen LogP contribution >= 0.6 is 0 Å². The van der Waals surface area contributed by atoms with Crippen molar-refractivity contribution in [3.05, 3.63) is 12.7 Å². The van der Waals surface area contributed by atoms with Gasteiger partial charge in [0.1, 0.15) is 0 Å². The van der Waals surface area contributed by atoms with Gasteiger partial charge in [-0.25, -0.2) is 0 Å². The highest BCUT2D eigenvalue weighted by Gasteiger charge is 2.32. The van der Waals surface area contributed by atoms with E-state index in [1.54, 1.807) is 0 Å². The largest absolute Gasteiger partial charge is 0.386 e. The Kier molecular flexibility index (Phi) is 2.88. The van der Waals surface area contributed by atoms with E-state index in [0.717, 1.165) is 6.42 Å². The maximum Gasteiger partial charge on any atom is 0.163 e. The average molecular weight is 172 g/mol. The fourth-order valence-corrected chi connectivity index (χ4v) is 1.27. The van der Waals surface area contributed by atoms with Gasteiger partial charge in [0.2, 0.25) is 0 Å². The summed E-state index contributed by atoms with van der Waals surface area (Å²) in [6.07, 6.45) is 1.45. The van der Waals surface area contributed by atoms with Crippen LogP contribution < -0.4 is 0 Å². The molecule has 3 heteroatoms. The summed E-state index contributed by atoms with van der Waals surface area (Å²) >= 11 is 0. The topological polar surface area (TPSA) is 38.7 Å². The van der Waals surface area contributed by atoms with Crippen LogP contribution in [-0.2, 0) is 9.47 Å². The maximum atomic E-state index is 9.42. The lowest BCUT2D eigenvalue weighted by Gasteiger charge is -2.37. The van der Waals surface area contributed by atoms with Crippen molar-refractivity contribution in [3.63, 3.8) is 0 Å². The van der Waals surface area contributed by atoms with Crippen molar-refractivity contribution in [1.29, 1.82) is 0 Å². The first-order chi connectivity index (χ1) is 5.55. The van der Waals surface area contributed by atoms with Gasteiger partial charge >= 0.3 is 0 Å². The van der Waals surface area contributed by atoms with Crippen LogP contribution in [0.15, 0.2) is 12.7 Å². The third-order valence-corrected chi connectivity index (χ3v) is 1.91. The van der Waals surface area contributed by atoms with Crippen molar-refractivity contribution < 1.29 is 14.6 Å². The van der Waals surface area contributed by atoms with Crippen molar-refractivity contribution in [2.45, 2.75) is 38.3 Å². The molecule has 1 saturated heterocycles. The van der Waals surface area contributed by atoms with E-state index in [2.05, 4.69) is 6.58 Å². The number of rotatable bonds is 2. The Hall–Kier alpha value is -0.380. The predicted molar refractivity (Wildman–Crippen MR) is 45.7 cm³/mol. The fourth-order valence-electron chi connectivity index (χ4n) is 1.27. The lowest BCUT2D eigenvalue weighted by atomic mass is 10.1. The molecule has 0 aromatic heterocycles. The first-order valence-corrected chi connectivity index (χ1v) is 4.17. The van der Waals surface area contributed by atoms with E-state index >= 15 is 0 Å². The Labute approximate surface area is 73.0 Å². The average Bonchev–Trinajstić information content (AvgIpc) is 2.01. The monoisotopic (exact) mass is 172 g/mol. The summed E-state index contributed by atoms with van der Waals surface area (Å²) in [4.78, 5) is 0. The summed E-state index contributed by atoms with van der Waals surface area (Å²) in [7, 11) is 0. The molecule has 0 saturated carbocycles. The molecule has 70 valence electrons. The lowest BCUT2D eigenvalue weighted by molar-refractivity contribution is -0.284. The van der Waals surface area contributed by atoms with Crippen LogP contribution in [0, 0.1) is 0 Å². The zero-order chi connectivity index (χ0) is 9.19. The molecule has 0 bridgehead atoms. The van der Waals surface area contributed by atoms with Crippen LogP contribution in [0.1, 0.15) is 20.3 Å². The molecule has 1 aliphatic heterocycles. The second-order valence-electron chi connectivity index (χ2n) is 3.42. The summed E-state index contributed by atoms with van der Waals surface area (Å²) in [6.45, 7) is 7.82. The molecular formula is C9H16O3. The molecule has 1 unspecified atom stereocenters. The van der Waals surface area contributed by atoms with E-state index < -0.39 is 11.9 Å². The second kappa shape index (κ2) is 3.56. The van der Waals surface area contributed by atoms with E-state index in [0.29, 0.717) is 6.61 Å². The van der Waals surface area contributed by atoms with Crippen molar-refractivity contribution in [1.82, 2.24) is 0 Å². The van der Waals surface area contributed by atoms with Crippen molar-refractivity contribution in [2.75, 3.05) is 6.61 Å². The fraction of sp³-hybridized carbons (Fsp3) is 0.778. The zero-order valence-corrected chi connectivity index (χ0v) is 7.62. The Balaban J connectivity index is 2.51. The van der Waals surface area contributed by atoms with Gasteiger partial charge < -0.3 is 14.6 Å². The highest BCUT2D eigenvalue weighted by molar-refractivity contribution is 4.87. The quantitative estimate of drug-likeness (QED) is 0.633. The van der Waals surface area contributed by atoms with Crippen LogP contribution in [-0.4, -0.2) is 29.7 Å². The number of aliphatic hydroxyl groups excluding tert-OH is 1. The van der Waals surface area contributed by atoms with Gasteiger partial charge in [0, 0.05) is 6.42 Å². The van der Waals surface area contributed by atoms with Crippen LogP contribution in [0.25, 0.3) is 0 Å². The minimum absolute atomic E-state index is 0.175. The summed E-state index contributed by atoms with van der Waals surface area (Å²) in [5.41, 5.74) is 0. The van der Waals surface area contributed by atoms with Crippen molar-refractivity contribution >= 4 is 0 Å². The third kappa shape index (κ3) is 2.30. The molecule has 1 N–H and O–H groups in total. The van der Waals surface area contributed by atoms with E-state index in [-0.39, 0.29) is 6.10 Å². The molecule has 3 nitrogen and oxygen atoms in total. The number of hydrogen-bond acceptors (Lipinski definition) is 3. The highest BCUT2D eigenvalue weighted by atomic mass is 16.7. The Morgan fingerprint density at radius 2 is 2.33 bits per heavy atom. The summed E-state index contributed by atoms with van der Waals surface area (Å²) < 4.78 is 10.8. The van der Waals surface area contributed by atoms with Gasteiger partial charge in [-0.2, -0.15) is 0 Å². The summed E-state index contributed by atoms with van der Waals surface area (Å²) in [6, 6.07) is 0. The molecule has 12 heavy (non-hydrogen) atoms. The third-order valence-electron chi connectivity index (χ3n) is 1.91. The van der Waals surface area contributed by atoms with Gasteiger partial charge in [0.25, 0.3) is 0 Å². The van der Waals surface area contributed by atoms with Crippen molar-refractivity contribution in [2.24, 2.45) is 0 Å².